The van der Waals surface area contributed by atoms with E-state index in [0.29, 0.717) is 23.4 Å². The minimum absolute atomic E-state index is 0.140. The standard InChI is InChI=1S/C17H23N5O2S/c1-11-4-12(2)8-22(7-11)15-6-17(19-10-18-15)25-9-16(23)20-14-5-13(3)24-21-14/h5-6,10-12H,4,7-9H2,1-3H3,(H,20,21,23). The molecule has 2 atom stereocenters. The Bertz CT molecular complexity index is 725. The molecule has 7 nitrogen and oxygen atoms in total. The zero-order valence-electron chi connectivity index (χ0n) is 14.7. The van der Waals surface area contributed by atoms with E-state index in [1.165, 1.54) is 18.2 Å². The minimum atomic E-state index is -0.140. The number of nitrogens with zero attached hydrogens (tertiary/aromatic N) is 4. The van der Waals surface area contributed by atoms with Gasteiger partial charge in [0.2, 0.25) is 5.91 Å². The first kappa shape index (κ1) is 17.7. The quantitative estimate of drug-likeness (QED) is 0.647. The van der Waals surface area contributed by atoms with Crippen LogP contribution in [0.1, 0.15) is 26.0 Å². The Hall–Kier alpha value is -2.09. The van der Waals surface area contributed by atoms with Crippen molar-refractivity contribution < 1.29 is 9.32 Å². The number of anilines is 2. The highest BCUT2D eigenvalue weighted by atomic mass is 32.2. The van der Waals surface area contributed by atoms with Crippen molar-refractivity contribution in [2.45, 2.75) is 32.2 Å². The van der Waals surface area contributed by atoms with Crippen LogP contribution < -0.4 is 10.2 Å². The molecular weight excluding hydrogens is 338 g/mol. The van der Waals surface area contributed by atoms with E-state index in [1.807, 2.05) is 6.07 Å². The number of carbonyl (C=O) groups excluding carboxylic acids is 1. The first-order chi connectivity index (χ1) is 12.0. The molecule has 2 aromatic heterocycles. The van der Waals surface area contributed by atoms with Crippen molar-refractivity contribution in [1.29, 1.82) is 0 Å². The van der Waals surface area contributed by atoms with Crippen LogP contribution in [-0.2, 0) is 4.79 Å². The van der Waals surface area contributed by atoms with Gasteiger partial charge in [-0.15, -0.1) is 0 Å². The second-order valence-corrected chi connectivity index (χ2v) is 7.72. The van der Waals surface area contributed by atoms with Crippen molar-refractivity contribution in [2.24, 2.45) is 11.8 Å². The molecule has 1 aliphatic heterocycles. The van der Waals surface area contributed by atoms with Crippen LogP contribution in [0.5, 0.6) is 0 Å². The number of rotatable bonds is 5. The number of aromatic nitrogens is 3. The molecular formula is C17H23N5O2S. The lowest BCUT2D eigenvalue weighted by molar-refractivity contribution is -0.113. The van der Waals surface area contributed by atoms with Crippen molar-refractivity contribution in [3.05, 3.63) is 24.2 Å². The number of thioether (sulfide) groups is 1. The summed E-state index contributed by atoms with van der Waals surface area (Å²) in [6.45, 7) is 8.35. The first-order valence-corrected chi connectivity index (χ1v) is 9.41. The predicted octanol–water partition coefficient (Wildman–Crippen LogP) is 2.99. The summed E-state index contributed by atoms with van der Waals surface area (Å²) in [7, 11) is 0. The SMILES string of the molecule is Cc1cc(NC(=O)CSc2cc(N3CC(C)CC(C)C3)ncn2)no1. The first-order valence-electron chi connectivity index (χ1n) is 8.42. The molecule has 1 fully saturated rings. The lowest BCUT2D eigenvalue weighted by atomic mass is 9.92. The molecule has 1 aliphatic rings. The second-order valence-electron chi connectivity index (χ2n) is 6.73. The molecule has 0 aliphatic carbocycles. The Labute approximate surface area is 151 Å². The molecule has 3 heterocycles. The molecule has 8 heteroatoms. The molecule has 2 unspecified atom stereocenters. The monoisotopic (exact) mass is 361 g/mol. The van der Waals surface area contributed by atoms with Gasteiger partial charge < -0.3 is 14.7 Å². The maximum absolute atomic E-state index is 12.0. The van der Waals surface area contributed by atoms with Crippen molar-refractivity contribution in [2.75, 3.05) is 29.1 Å². The van der Waals surface area contributed by atoms with E-state index < -0.39 is 0 Å². The third-order valence-electron chi connectivity index (χ3n) is 4.07. The van der Waals surface area contributed by atoms with Crippen molar-refractivity contribution >= 4 is 29.3 Å². The van der Waals surface area contributed by atoms with Crippen LogP contribution in [0.25, 0.3) is 0 Å². The van der Waals surface area contributed by atoms with E-state index in [1.54, 1.807) is 19.3 Å². The molecule has 0 spiro atoms. The fourth-order valence-electron chi connectivity index (χ4n) is 3.18. The van der Waals surface area contributed by atoms with E-state index >= 15 is 0 Å². The molecule has 2 aromatic rings. The largest absolute Gasteiger partial charge is 0.360 e. The van der Waals surface area contributed by atoms with E-state index in [-0.39, 0.29) is 11.7 Å². The summed E-state index contributed by atoms with van der Waals surface area (Å²) in [6.07, 6.45) is 2.82. The van der Waals surface area contributed by atoms with Crippen LogP contribution in [0.2, 0.25) is 0 Å². The third kappa shape index (κ3) is 4.94. The van der Waals surface area contributed by atoms with Crippen LogP contribution in [0.15, 0.2) is 28.0 Å². The maximum Gasteiger partial charge on any atom is 0.236 e. The number of hydrogen-bond donors (Lipinski definition) is 1. The van der Waals surface area contributed by atoms with Crippen LogP contribution in [0, 0.1) is 18.8 Å². The summed E-state index contributed by atoms with van der Waals surface area (Å²) in [4.78, 5) is 23.0. The maximum atomic E-state index is 12.0. The zero-order chi connectivity index (χ0) is 17.8. The Morgan fingerprint density at radius 3 is 2.76 bits per heavy atom. The molecule has 3 rings (SSSR count). The van der Waals surface area contributed by atoms with Gasteiger partial charge >= 0.3 is 0 Å². The number of hydrogen-bond acceptors (Lipinski definition) is 7. The Morgan fingerprint density at radius 1 is 1.32 bits per heavy atom. The van der Waals surface area contributed by atoms with Gasteiger partial charge in [-0.3, -0.25) is 4.79 Å². The summed E-state index contributed by atoms with van der Waals surface area (Å²) in [5.74, 6) is 3.46. The van der Waals surface area contributed by atoms with Gasteiger partial charge in [-0.05, 0) is 25.2 Å². The van der Waals surface area contributed by atoms with Crippen LogP contribution in [-0.4, -0.2) is 39.9 Å². The average molecular weight is 361 g/mol. The summed E-state index contributed by atoms with van der Waals surface area (Å²) in [6, 6.07) is 3.65. The minimum Gasteiger partial charge on any atom is -0.360 e. The lowest BCUT2D eigenvalue weighted by Gasteiger charge is -2.35. The fraction of sp³-hybridized carbons (Fsp3) is 0.529. The smallest absolute Gasteiger partial charge is 0.236 e. The molecule has 0 aromatic carbocycles. The molecule has 0 saturated carbocycles. The van der Waals surface area contributed by atoms with Gasteiger partial charge in [0, 0.05) is 25.2 Å². The number of piperidine rings is 1. The summed E-state index contributed by atoms with van der Waals surface area (Å²) < 4.78 is 4.93. The highest BCUT2D eigenvalue weighted by molar-refractivity contribution is 7.99. The van der Waals surface area contributed by atoms with Gasteiger partial charge in [-0.1, -0.05) is 30.8 Å². The average Bonchev–Trinajstić information content (AvgIpc) is 2.97. The summed E-state index contributed by atoms with van der Waals surface area (Å²) in [5, 5.41) is 7.25. The summed E-state index contributed by atoms with van der Waals surface area (Å²) in [5.41, 5.74) is 0. The van der Waals surface area contributed by atoms with Crippen molar-refractivity contribution in [3.63, 3.8) is 0 Å². The van der Waals surface area contributed by atoms with E-state index in [0.717, 1.165) is 23.9 Å². The Balaban J connectivity index is 1.57. The van der Waals surface area contributed by atoms with Crippen LogP contribution in [0.4, 0.5) is 11.6 Å². The van der Waals surface area contributed by atoms with Crippen LogP contribution in [0.3, 0.4) is 0 Å². The van der Waals surface area contributed by atoms with E-state index in [9.17, 15) is 4.79 Å². The molecule has 1 saturated heterocycles. The molecule has 0 radical (unpaired) electrons. The van der Waals surface area contributed by atoms with Gasteiger partial charge in [0.25, 0.3) is 0 Å². The molecule has 1 N–H and O–H groups in total. The Morgan fingerprint density at radius 2 is 2.08 bits per heavy atom. The normalized spacial score (nSPS) is 20.5. The Kier molecular flexibility index (Phi) is 5.57. The van der Waals surface area contributed by atoms with Crippen molar-refractivity contribution in [3.8, 4) is 0 Å². The summed E-state index contributed by atoms with van der Waals surface area (Å²) >= 11 is 1.39. The van der Waals surface area contributed by atoms with Gasteiger partial charge in [0.05, 0.1) is 5.75 Å². The fourth-order valence-corrected chi connectivity index (χ4v) is 3.84. The molecule has 1 amide bonds. The highest BCUT2D eigenvalue weighted by Crippen LogP contribution is 2.26. The van der Waals surface area contributed by atoms with Gasteiger partial charge in [0.15, 0.2) is 5.82 Å². The topological polar surface area (TPSA) is 84.2 Å². The molecule has 134 valence electrons. The lowest BCUT2D eigenvalue weighted by Crippen LogP contribution is -2.39. The molecule has 0 bridgehead atoms. The number of amides is 1. The van der Waals surface area contributed by atoms with Crippen molar-refractivity contribution in [1.82, 2.24) is 15.1 Å². The van der Waals surface area contributed by atoms with E-state index in [4.69, 9.17) is 4.52 Å². The zero-order valence-corrected chi connectivity index (χ0v) is 15.5. The molecule has 25 heavy (non-hydrogen) atoms. The van der Waals surface area contributed by atoms with Gasteiger partial charge in [-0.25, -0.2) is 9.97 Å². The number of aryl methyl sites for hydroxylation is 1. The number of nitrogens with one attached hydrogen (secondary N) is 1. The predicted molar refractivity (Wildman–Crippen MR) is 97.8 cm³/mol. The van der Waals surface area contributed by atoms with Gasteiger partial charge in [0.1, 0.15) is 22.9 Å². The van der Waals surface area contributed by atoms with Crippen LogP contribution >= 0.6 is 11.8 Å². The third-order valence-corrected chi connectivity index (χ3v) is 4.99. The highest BCUT2D eigenvalue weighted by Gasteiger charge is 2.23. The number of carbonyl (C=O) groups is 1. The van der Waals surface area contributed by atoms with E-state index in [2.05, 4.69) is 39.2 Å². The second kappa shape index (κ2) is 7.86. The van der Waals surface area contributed by atoms with Gasteiger partial charge in [-0.2, -0.15) is 0 Å².